The molecule has 0 bridgehead atoms. The Hall–Kier alpha value is -0.580. The summed E-state index contributed by atoms with van der Waals surface area (Å²) in [6, 6.07) is 0. The van der Waals surface area contributed by atoms with Crippen LogP contribution in [-0.4, -0.2) is 11.8 Å². The van der Waals surface area contributed by atoms with E-state index in [1.807, 2.05) is 0 Å². The molecule has 0 heterocycles. The van der Waals surface area contributed by atoms with Crippen molar-refractivity contribution in [3.05, 3.63) is 12.3 Å². The standard InChI is InChI=1S/C4H10N2O2/c1-4(8-7)2-3-6-5/h6-7H,1-3,5H2. The Morgan fingerprint density at radius 1 is 1.88 bits per heavy atom. The van der Waals surface area contributed by atoms with Gasteiger partial charge in [-0.25, -0.2) is 5.26 Å². The molecule has 0 aromatic rings. The highest BCUT2D eigenvalue weighted by Crippen LogP contribution is 1.93. The Balaban J connectivity index is 2.99. The predicted molar refractivity (Wildman–Crippen MR) is 29.7 cm³/mol. The van der Waals surface area contributed by atoms with E-state index in [4.69, 9.17) is 11.1 Å². The molecule has 0 radical (unpaired) electrons. The van der Waals surface area contributed by atoms with E-state index in [1.54, 1.807) is 0 Å². The molecule has 0 fully saturated rings. The quantitative estimate of drug-likeness (QED) is 0.208. The fraction of sp³-hybridized carbons (Fsp3) is 0.500. The van der Waals surface area contributed by atoms with Crippen LogP contribution in [-0.2, 0) is 4.89 Å². The second kappa shape index (κ2) is 4.58. The molecule has 0 aliphatic carbocycles. The highest BCUT2D eigenvalue weighted by atomic mass is 17.1. The Morgan fingerprint density at radius 3 is 2.88 bits per heavy atom. The molecule has 4 nitrogen and oxygen atoms in total. The molecule has 0 atom stereocenters. The van der Waals surface area contributed by atoms with E-state index < -0.39 is 0 Å². The maximum absolute atomic E-state index is 7.89. The van der Waals surface area contributed by atoms with Gasteiger partial charge in [0, 0.05) is 13.0 Å². The fourth-order valence-corrected chi connectivity index (χ4v) is 0.257. The zero-order valence-electron chi connectivity index (χ0n) is 4.55. The van der Waals surface area contributed by atoms with Crippen LogP contribution >= 0.6 is 0 Å². The Bertz CT molecular complexity index is 74.4. The van der Waals surface area contributed by atoms with Crippen LogP contribution in [0.5, 0.6) is 0 Å². The summed E-state index contributed by atoms with van der Waals surface area (Å²) in [6.07, 6.45) is 0.521. The van der Waals surface area contributed by atoms with Gasteiger partial charge in [-0.1, -0.05) is 6.58 Å². The van der Waals surface area contributed by atoms with Crippen molar-refractivity contribution in [2.45, 2.75) is 6.42 Å². The first-order valence-electron chi connectivity index (χ1n) is 2.24. The lowest BCUT2D eigenvalue weighted by Crippen LogP contribution is -2.23. The molecule has 0 unspecified atom stereocenters. The Labute approximate surface area is 47.8 Å². The van der Waals surface area contributed by atoms with Crippen molar-refractivity contribution in [3.63, 3.8) is 0 Å². The minimum atomic E-state index is 0.308. The molecule has 0 rings (SSSR count). The van der Waals surface area contributed by atoms with E-state index in [-0.39, 0.29) is 0 Å². The van der Waals surface area contributed by atoms with Crippen LogP contribution in [0.25, 0.3) is 0 Å². The van der Waals surface area contributed by atoms with Gasteiger partial charge in [0.05, 0.1) is 0 Å². The van der Waals surface area contributed by atoms with Gasteiger partial charge in [-0.15, -0.1) is 0 Å². The zero-order valence-corrected chi connectivity index (χ0v) is 4.55. The lowest BCUT2D eigenvalue weighted by atomic mass is 10.4. The Kier molecular flexibility index (Phi) is 4.24. The summed E-state index contributed by atoms with van der Waals surface area (Å²) in [7, 11) is 0. The maximum Gasteiger partial charge on any atom is 0.136 e. The molecule has 0 aliphatic heterocycles. The van der Waals surface area contributed by atoms with Crippen LogP contribution in [0, 0.1) is 0 Å². The molecule has 48 valence electrons. The second-order valence-corrected chi connectivity index (χ2v) is 1.33. The average Bonchev–Trinajstić information content (AvgIpc) is 1.83. The monoisotopic (exact) mass is 118 g/mol. The van der Waals surface area contributed by atoms with Gasteiger partial charge < -0.3 is 4.89 Å². The molecule has 0 spiro atoms. The van der Waals surface area contributed by atoms with E-state index >= 15 is 0 Å². The number of hydrazine groups is 1. The smallest absolute Gasteiger partial charge is 0.136 e. The SMILES string of the molecule is C=C(CCNN)OO. The summed E-state index contributed by atoms with van der Waals surface area (Å²) in [4.78, 5) is 3.76. The number of nitrogens with one attached hydrogen (secondary N) is 1. The maximum atomic E-state index is 7.89. The van der Waals surface area contributed by atoms with Gasteiger partial charge >= 0.3 is 0 Å². The molecular weight excluding hydrogens is 108 g/mol. The van der Waals surface area contributed by atoms with Crippen LogP contribution in [0.15, 0.2) is 12.3 Å². The molecule has 0 aliphatic rings. The van der Waals surface area contributed by atoms with Gasteiger partial charge in [-0.05, 0) is 0 Å². The van der Waals surface area contributed by atoms with Gasteiger partial charge in [0.25, 0.3) is 0 Å². The van der Waals surface area contributed by atoms with Crippen molar-refractivity contribution in [2.24, 2.45) is 5.84 Å². The van der Waals surface area contributed by atoms with Gasteiger partial charge in [0.15, 0.2) is 0 Å². The first-order valence-corrected chi connectivity index (χ1v) is 2.24. The van der Waals surface area contributed by atoms with E-state index in [1.165, 1.54) is 0 Å². The third-order valence-corrected chi connectivity index (χ3v) is 0.677. The van der Waals surface area contributed by atoms with Crippen molar-refractivity contribution in [2.75, 3.05) is 6.54 Å². The fourth-order valence-electron chi connectivity index (χ4n) is 0.257. The third-order valence-electron chi connectivity index (χ3n) is 0.677. The molecule has 4 N–H and O–H groups in total. The lowest BCUT2D eigenvalue weighted by molar-refractivity contribution is -0.204. The second-order valence-electron chi connectivity index (χ2n) is 1.33. The van der Waals surface area contributed by atoms with Crippen LogP contribution in [0.3, 0.4) is 0 Å². The van der Waals surface area contributed by atoms with E-state index in [9.17, 15) is 0 Å². The molecular formula is C4H10N2O2. The van der Waals surface area contributed by atoms with Crippen molar-refractivity contribution in [1.29, 1.82) is 0 Å². The Morgan fingerprint density at radius 2 is 2.50 bits per heavy atom. The number of hydrogen-bond donors (Lipinski definition) is 3. The molecule has 0 amide bonds. The van der Waals surface area contributed by atoms with Gasteiger partial charge in [-0.2, -0.15) is 0 Å². The van der Waals surface area contributed by atoms with E-state index in [2.05, 4.69) is 16.9 Å². The summed E-state index contributed by atoms with van der Waals surface area (Å²) in [5, 5.41) is 7.89. The van der Waals surface area contributed by atoms with Gasteiger partial charge in [0.1, 0.15) is 5.76 Å². The largest absolute Gasteiger partial charge is 0.345 e. The third kappa shape index (κ3) is 3.60. The predicted octanol–water partition coefficient (Wildman–Crippen LogP) is -0.157. The first-order chi connectivity index (χ1) is 3.81. The zero-order chi connectivity index (χ0) is 6.41. The van der Waals surface area contributed by atoms with E-state index in [0.717, 1.165) is 0 Å². The molecule has 0 saturated carbocycles. The number of rotatable bonds is 4. The summed E-state index contributed by atoms with van der Waals surface area (Å²) in [5.41, 5.74) is 2.38. The number of hydrogen-bond acceptors (Lipinski definition) is 4. The molecule has 8 heavy (non-hydrogen) atoms. The van der Waals surface area contributed by atoms with Crippen molar-refractivity contribution >= 4 is 0 Å². The summed E-state index contributed by atoms with van der Waals surface area (Å²) in [6.45, 7) is 3.90. The normalized spacial score (nSPS) is 8.75. The summed E-state index contributed by atoms with van der Waals surface area (Å²) < 4.78 is 0. The van der Waals surface area contributed by atoms with Crippen LogP contribution in [0.2, 0.25) is 0 Å². The van der Waals surface area contributed by atoms with E-state index in [0.29, 0.717) is 18.7 Å². The lowest BCUT2D eigenvalue weighted by Gasteiger charge is -1.97. The average molecular weight is 118 g/mol. The topological polar surface area (TPSA) is 67.5 Å². The number of nitrogens with two attached hydrogens (primary N) is 1. The summed E-state index contributed by atoms with van der Waals surface area (Å²) in [5.74, 6) is 5.21. The summed E-state index contributed by atoms with van der Waals surface area (Å²) >= 11 is 0. The van der Waals surface area contributed by atoms with Gasteiger partial charge in [-0.3, -0.25) is 11.3 Å². The van der Waals surface area contributed by atoms with Crippen molar-refractivity contribution in [3.8, 4) is 0 Å². The highest BCUT2D eigenvalue weighted by molar-refractivity contribution is 4.80. The molecule has 0 aromatic heterocycles. The van der Waals surface area contributed by atoms with Crippen molar-refractivity contribution in [1.82, 2.24) is 5.43 Å². The minimum absolute atomic E-state index is 0.308. The minimum Gasteiger partial charge on any atom is -0.345 e. The molecule has 4 heteroatoms. The first kappa shape index (κ1) is 7.42. The molecule has 0 saturated heterocycles. The van der Waals surface area contributed by atoms with Gasteiger partial charge in [0.2, 0.25) is 0 Å². The van der Waals surface area contributed by atoms with Crippen LogP contribution < -0.4 is 11.3 Å². The van der Waals surface area contributed by atoms with Crippen molar-refractivity contribution < 1.29 is 10.1 Å². The highest BCUT2D eigenvalue weighted by Gasteiger charge is 1.89. The van der Waals surface area contributed by atoms with Crippen LogP contribution in [0.4, 0.5) is 0 Å². The van der Waals surface area contributed by atoms with Crippen LogP contribution in [0.1, 0.15) is 6.42 Å². The molecule has 0 aromatic carbocycles.